The Morgan fingerprint density at radius 2 is 2.12 bits per heavy atom. The Bertz CT molecular complexity index is 1480. The maximum Gasteiger partial charge on any atom is 0.338 e. The van der Waals surface area contributed by atoms with Crippen LogP contribution in [0.15, 0.2) is 56.2 Å². The van der Waals surface area contributed by atoms with Crippen LogP contribution in [-0.2, 0) is 14.3 Å². The zero-order chi connectivity index (χ0) is 29.3. The number of nitrogens with zero attached hydrogens (tertiary/aromatic N) is 3. The van der Waals surface area contributed by atoms with Gasteiger partial charge in [0.15, 0.2) is 22.5 Å². The number of hydrogen-bond donors (Lipinski definition) is 3. The molecule has 1 aliphatic heterocycles. The number of carboxylic acids is 1. The number of ether oxygens (including phenoxy) is 1. The Kier molecular flexibility index (Phi) is 8.50. The Balaban J connectivity index is 1.54. The van der Waals surface area contributed by atoms with Crippen molar-refractivity contribution < 1.29 is 28.2 Å². The van der Waals surface area contributed by atoms with Gasteiger partial charge in [-0.1, -0.05) is 17.7 Å². The fraction of sp³-hybridized carbons (Fsp3) is 0.393. The molecular formula is C28H28ClF2N5O4S. The van der Waals surface area contributed by atoms with Gasteiger partial charge in [0.05, 0.1) is 29.2 Å². The molecule has 13 heteroatoms. The van der Waals surface area contributed by atoms with Crippen molar-refractivity contribution in [1.29, 1.82) is 0 Å². The molecule has 2 aliphatic carbocycles. The van der Waals surface area contributed by atoms with Gasteiger partial charge in [-0.2, -0.15) is 0 Å². The Morgan fingerprint density at radius 1 is 1.34 bits per heavy atom. The minimum absolute atomic E-state index is 0.0811. The third kappa shape index (κ3) is 5.89. The molecule has 2 atom stereocenters. The molecule has 1 aromatic heterocycles. The number of carbonyl (C=O) groups is 2. The van der Waals surface area contributed by atoms with Crippen molar-refractivity contribution in [3.63, 3.8) is 0 Å². The molecule has 1 fully saturated rings. The average molecular weight is 604 g/mol. The van der Waals surface area contributed by atoms with Crippen LogP contribution < -0.4 is 11.1 Å². The summed E-state index contributed by atoms with van der Waals surface area (Å²) in [6.07, 6.45) is 5.81. The number of esters is 1. The van der Waals surface area contributed by atoms with Crippen LogP contribution in [0.5, 0.6) is 0 Å². The van der Waals surface area contributed by atoms with Crippen LogP contribution in [0.1, 0.15) is 55.6 Å². The summed E-state index contributed by atoms with van der Waals surface area (Å²) >= 11 is 7.60. The van der Waals surface area contributed by atoms with Gasteiger partial charge >= 0.3 is 11.9 Å². The minimum atomic E-state index is -1.23. The summed E-state index contributed by atoms with van der Waals surface area (Å²) in [5, 5.41) is 14.3. The van der Waals surface area contributed by atoms with E-state index in [1.807, 2.05) is 0 Å². The molecule has 9 nitrogen and oxygen atoms in total. The van der Waals surface area contributed by atoms with E-state index in [2.05, 4.69) is 15.3 Å². The standard InChI is InChI=1S/C28H28ClF2N5O4S/c1-2-40-28(39)20-23(13-3-6-19(32)15(9-13)12-34-16-10-14(11-16)27(37)38)35-25(26-33-7-8-41-26)36-24(20)17-4-5-18(30)22(31)21(17)29/h4-5,7-8,12-14,16,24H,2-3,6,9-11,32H2,1H3,(H,35,36)(H,37,38). The van der Waals surface area contributed by atoms with Crippen molar-refractivity contribution in [2.45, 2.75) is 51.1 Å². The largest absolute Gasteiger partial charge is 0.481 e. The number of carboxylic acid groups (broad SMARTS) is 1. The van der Waals surface area contributed by atoms with E-state index in [9.17, 15) is 18.4 Å². The lowest BCUT2D eigenvalue weighted by molar-refractivity contribution is -0.145. The first kappa shape index (κ1) is 28.9. The molecule has 1 saturated carbocycles. The molecule has 2 unspecified atom stereocenters. The molecule has 1 aromatic carbocycles. The number of thiazole rings is 1. The maximum atomic E-state index is 14.6. The number of nitrogens with one attached hydrogen (secondary N) is 1. The van der Waals surface area contributed by atoms with Gasteiger partial charge in [-0.15, -0.1) is 11.3 Å². The van der Waals surface area contributed by atoms with E-state index in [0.29, 0.717) is 54.3 Å². The lowest BCUT2D eigenvalue weighted by Crippen LogP contribution is -2.38. The van der Waals surface area contributed by atoms with E-state index < -0.39 is 34.6 Å². The quantitative estimate of drug-likeness (QED) is 0.221. The number of rotatable bonds is 8. The zero-order valence-electron chi connectivity index (χ0n) is 22.1. The number of halogens is 3. The zero-order valence-corrected chi connectivity index (χ0v) is 23.6. The van der Waals surface area contributed by atoms with Crippen LogP contribution in [0, 0.1) is 23.5 Å². The van der Waals surface area contributed by atoms with Crippen LogP contribution in [0.2, 0.25) is 5.02 Å². The lowest BCUT2D eigenvalue weighted by atomic mass is 9.80. The van der Waals surface area contributed by atoms with Crippen molar-refractivity contribution in [1.82, 2.24) is 10.3 Å². The number of aromatic nitrogens is 1. The summed E-state index contributed by atoms with van der Waals surface area (Å²) in [5.74, 6) is -4.09. The second-order valence-corrected chi connectivity index (χ2v) is 11.4. The fourth-order valence-corrected chi connectivity index (χ4v) is 6.07. The number of amidine groups is 1. The van der Waals surface area contributed by atoms with Gasteiger partial charge in [0.25, 0.3) is 0 Å². The summed E-state index contributed by atoms with van der Waals surface area (Å²) in [7, 11) is 0. The van der Waals surface area contributed by atoms with E-state index in [0.717, 1.165) is 11.6 Å². The molecule has 3 aliphatic rings. The van der Waals surface area contributed by atoms with Crippen LogP contribution in [-0.4, -0.2) is 46.7 Å². The van der Waals surface area contributed by atoms with Crippen LogP contribution >= 0.6 is 22.9 Å². The Labute approximate surface area is 243 Å². The molecular weight excluding hydrogens is 576 g/mol. The highest BCUT2D eigenvalue weighted by Crippen LogP contribution is 2.42. The molecule has 2 heterocycles. The third-order valence-corrected chi connectivity index (χ3v) is 8.68. The first-order valence-electron chi connectivity index (χ1n) is 13.2. The Hall–Kier alpha value is -3.64. The number of aliphatic imine (C=N–C) groups is 2. The predicted octanol–water partition coefficient (Wildman–Crippen LogP) is 4.93. The molecule has 0 amide bonds. The SMILES string of the molecule is CCOC(=O)C1=C(C2CCC(N)=C(C=NC3CC(C(=O)O)C3)C2)NC(c2nccs2)=NC1c1ccc(F)c(F)c1Cl. The molecule has 2 aromatic rings. The molecule has 0 radical (unpaired) electrons. The number of carbonyl (C=O) groups excluding carboxylic acids is 1. The highest BCUT2D eigenvalue weighted by Gasteiger charge is 2.39. The second-order valence-electron chi connectivity index (χ2n) is 10.1. The van der Waals surface area contributed by atoms with Gasteiger partial charge in [0.2, 0.25) is 0 Å². The molecule has 4 N–H and O–H groups in total. The van der Waals surface area contributed by atoms with Gasteiger partial charge in [0.1, 0.15) is 6.04 Å². The highest BCUT2D eigenvalue weighted by atomic mass is 35.5. The van der Waals surface area contributed by atoms with Crippen molar-refractivity contribution in [2.75, 3.05) is 6.61 Å². The normalized spacial score (nSPS) is 24.6. The lowest BCUT2D eigenvalue weighted by Gasteiger charge is -2.34. The highest BCUT2D eigenvalue weighted by molar-refractivity contribution is 7.11. The van der Waals surface area contributed by atoms with E-state index >= 15 is 0 Å². The number of aliphatic carboxylic acids is 1. The van der Waals surface area contributed by atoms with E-state index in [4.69, 9.17) is 32.2 Å². The minimum Gasteiger partial charge on any atom is -0.481 e. The smallest absolute Gasteiger partial charge is 0.338 e. The monoisotopic (exact) mass is 603 g/mol. The summed E-state index contributed by atoms with van der Waals surface area (Å²) < 4.78 is 34.0. The summed E-state index contributed by atoms with van der Waals surface area (Å²) in [6.45, 7) is 1.76. The first-order chi connectivity index (χ1) is 19.7. The fourth-order valence-electron chi connectivity index (χ4n) is 5.22. The van der Waals surface area contributed by atoms with Crippen molar-refractivity contribution in [3.8, 4) is 0 Å². The van der Waals surface area contributed by atoms with Gasteiger partial charge in [-0.25, -0.2) is 18.6 Å². The van der Waals surface area contributed by atoms with E-state index in [1.54, 1.807) is 24.7 Å². The molecule has 41 heavy (non-hydrogen) atoms. The van der Waals surface area contributed by atoms with Gasteiger partial charge in [-0.05, 0) is 50.7 Å². The van der Waals surface area contributed by atoms with Crippen LogP contribution in [0.4, 0.5) is 8.78 Å². The number of allylic oxidation sites excluding steroid dienone is 3. The molecule has 5 rings (SSSR count). The van der Waals surface area contributed by atoms with Crippen molar-refractivity contribution in [3.05, 3.63) is 73.5 Å². The third-order valence-electron chi connectivity index (χ3n) is 7.52. The second kappa shape index (κ2) is 12.1. The Morgan fingerprint density at radius 3 is 2.80 bits per heavy atom. The average Bonchev–Trinajstić information content (AvgIpc) is 3.46. The van der Waals surface area contributed by atoms with Gasteiger partial charge < -0.3 is 20.9 Å². The first-order valence-corrected chi connectivity index (χ1v) is 14.5. The van der Waals surface area contributed by atoms with Crippen LogP contribution in [0.25, 0.3) is 0 Å². The van der Waals surface area contributed by atoms with Gasteiger partial charge in [0, 0.05) is 40.7 Å². The number of hydrogen-bond acceptors (Lipinski definition) is 9. The number of benzene rings is 1. The van der Waals surface area contributed by atoms with E-state index in [1.165, 1.54) is 17.4 Å². The van der Waals surface area contributed by atoms with Crippen LogP contribution in [0.3, 0.4) is 0 Å². The van der Waals surface area contributed by atoms with Crippen molar-refractivity contribution in [2.24, 2.45) is 27.6 Å². The van der Waals surface area contributed by atoms with Gasteiger partial charge in [-0.3, -0.25) is 14.8 Å². The number of nitrogens with two attached hydrogens (primary N) is 1. The molecule has 0 bridgehead atoms. The topological polar surface area (TPSA) is 139 Å². The molecule has 0 saturated heterocycles. The van der Waals surface area contributed by atoms with Crippen molar-refractivity contribution >= 4 is 46.9 Å². The molecule has 0 spiro atoms. The summed E-state index contributed by atoms with van der Waals surface area (Å²) in [4.78, 5) is 38.2. The maximum absolute atomic E-state index is 14.6. The summed E-state index contributed by atoms with van der Waals surface area (Å²) in [6, 6.07) is 1.10. The molecule has 216 valence electrons. The summed E-state index contributed by atoms with van der Waals surface area (Å²) in [5.41, 5.74) is 8.58. The predicted molar refractivity (Wildman–Crippen MR) is 151 cm³/mol. The van der Waals surface area contributed by atoms with E-state index in [-0.39, 0.29) is 35.6 Å².